The van der Waals surface area contributed by atoms with Gasteiger partial charge in [0.25, 0.3) is 0 Å². The molecule has 1 aromatic rings. The fraction of sp³-hybridized carbons (Fsp3) is 0.529. The van der Waals surface area contributed by atoms with E-state index in [-0.39, 0.29) is 17.7 Å². The van der Waals surface area contributed by atoms with E-state index in [9.17, 15) is 9.59 Å². The number of nitrogens with one attached hydrogen (secondary N) is 1. The van der Waals surface area contributed by atoms with E-state index in [4.69, 9.17) is 0 Å². The second kappa shape index (κ2) is 6.74. The van der Waals surface area contributed by atoms with Crippen LogP contribution in [-0.4, -0.2) is 24.9 Å². The summed E-state index contributed by atoms with van der Waals surface area (Å²) in [6.45, 7) is 7.43. The zero-order valence-electron chi connectivity index (χ0n) is 13.1. The number of carbonyl (C=O) groups is 2. The van der Waals surface area contributed by atoms with E-state index in [1.165, 1.54) is 5.56 Å². The third kappa shape index (κ3) is 3.63. The molecule has 4 nitrogen and oxygen atoms in total. The summed E-state index contributed by atoms with van der Waals surface area (Å²) in [7, 11) is 0. The van der Waals surface area contributed by atoms with Crippen molar-refractivity contribution in [2.24, 2.45) is 5.92 Å². The van der Waals surface area contributed by atoms with Gasteiger partial charge in [0.15, 0.2) is 0 Å². The van der Waals surface area contributed by atoms with Gasteiger partial charge in [-0.2, -0.15) is 0 Å². The molecule has 2 amide bonds. The van der Waals surface area contributed by atoms with E-state index >= 15 is 0 Å². The first-order valence-corrected chi connectivity index (χ1v) is 7.71. The molecule has 1 unspecified atom stereocenters. The van der Waals surface area contributed by atoms with Crippen LogP contribution in [-0.2, 0) is 9.59 Å². The Hall–Kier alpha value is -1.84. The molecule has 0 spiro atoms. The monoisotopic (exact) mass is 288 g/mol. The zero-order chi connectivity index (χ0) is 15.4. The van der Waals surface area contributed by atoms with E-state index in [1.807, 2.05) is 19.1 Å². The van der Waals surface area contributed by atoms with Crippen LogP contribution in [0.15, 0.2) is 24.3 Å². The lowest BCUT2D eigenvalue weighted by Gasteiger charge is -2.18. The average molecular weight is 288 g/mol. The van der Waals surface area contributed by atoms with Crippen molar-refractivity contribution in [3.05, 3.63) is 29.8 Å². The Morgan fingerprint density at radius 1 is 1.43 bits per heavy atom. The van der Waals surface area contributed by atoms with E-state index in [1.54, 1.807) is 4.90 Å². The highest BCUT2D eigenvalue weighted by atomic mass is 16.2. The van der Waals surface area contributed by atoms with Crippen molar-refractivity contribution in [1.29, 1.82) is 0 Å². The smallest absolute Gasteiger partial charge is 0.227 e. The van der Waals surface area contributed by atoms with Gasteiger partial charge in [0.1, 0.15) is 0 Å². The van der Waals surface area contributed by atoms with Gasteiger partial charge in [0.2, 0.25) is 11.8 Å². The van der Waals surface area contributed by atoms with Crippen LogP contribution in [0.3, 0.4) is 0 Å². The molecular weight excluding hydrogens is 264 g/mol. The van der Waals surface area contributed by atoms with Crippen molar-refractivity contribution in [1.82, 2.24) is 5.32 Å². The van der Waals surface area contributed by atoms with Crippen LogP contribution >= 0.6 is 0 Å². The molecule has 1 saturated heterocycles. The molecule has 0 radical (unpaired) electrons. The van der Waals surface area contributed by atoms with Gasteiger partial charge in [-0.1, -0.05) is 32.9 Å². The normalized spacial score (nSPS) is 18.4. The fourth-order valence-corrected chi connectivity index (χ4v) is 2.58. The van der Waals surface area contributed by atoms with E-state index in [0.29, 0.717) is 25.4 Å². The van der Waals surface area contributed by atoms with Gasteiger partial charge in [-0.05, 0) is 30.0 Å². The van der Waals surface area contributed by atoms with Gasteiger partial charge < -0.3 is 10.2 Å². The van der Waals surface area contributed by atoms with Crippen molar-refractivity contribution in [2.45, 2.75) is 39.5 Å². The molecule has 0 aromatic heterocycles. The number of amides is 2. The fourth-order valence-electron chi connectivity index (χ4n) is 2.58. The maximum Gasteiger partial charge on any atom is 0.227 e. The number of benzene rings is 1. The topological polar surface area (TPSA) is 49.4 Å². The van der Waals surface area contributed by atoms with Crippen LogP contribution in [0, 0.1) is 5.92 Å². The van der Waals surface area contributed by atoms with Crippen LogP contribution in [0.1, 0.15) is 45.1 Å². The predicted octanol–water partition coefficient (Wildman–Crippen LogP) is 2.69. The van der Waals surface area contributed by atoms with Crippen LogP contribution < -0.4 is 10.2 Å². The van der Waals surface area contributed by atoms with Gasteiger partial charge >= 0.3 is 0 Å². The summed E-state index contributed by atoms with van der Waals surface area (Å²) in [5.41, 5.74) is 2.11. The lowest BCUT2D eigenvalue weighted by molar-refractivity contribution is -0.126. The van der Waals surface area contributed by atoms with Crippen LogP contribution in [0.5, 0.6) is 0 Å². The summed E-state index contributed by atoms with van der Waals surface area (Å²) in [6.07, 6.45) is 1.22. The van der Waals surface area contributed by atoms with Crippen molar-refractivity contribution < 1.29 is 9.59 Å². The van der Waals surface area contributed by atoms with Crippen LogP contribution in [0.2, 0.25) is 0 Å². The second-order valence-corrected chi connectivity index (χ2v) is 5.95. The first-order valence-electron chi connectivity index (χ1n) is 7.71. The number of nitrogens with zero attached hydrogens (tertiary/aromatic N) is 1. The number of anilines is 1. The Morgan fingerprint density at radius 2 is 2.19 bits per heavy atom. The molecule has 1 atom stereocenters. The first kappa shape index (κ1) is 15.5. The molecule has 1 fully saturated rings. The van der Waals surface area contributed by atoms with E-state index in [2.05, 4.69) is 31.3 Å². The lowest BCUT2D eigenvalue weighted by Crippen LogP contribution is -2.33. The minimum absolute atomic E-state index is 0.00675. The Kier molecular flexibility index (Phi) is 4.99. The molecule has 0 aliphatic carbocycles. The summed E-state index contributed by atoms with van der Waals surface area (Å²) in [5.74, 6) is 0.221. The Balaban J connectivity index is 2.09. The highest BCUT2D eigenvalue weighted by molar-refractivity contribution is 6.00. The Labute approximate surface area is 126 Å². The van der Waals surface area contributed by atoms with Gasteiger partial charge in [0.05, 0.1) is 5.92 Å². The molecule has 1 heterocycles. The predicted molar refractivity (Wildman–Crippen MR) is 84.3 cm³/mol. The van der Waals surface area contributed by atoms with Crippen molar-refractivity contribution in [3.63, 3.8) is 0 Å². The molecule has 1 aromatic carbocycles. The summed E-state index contributed by atoms with van der Waals surface area (Å²) < 4.78 is 0. The standard InChI is InChI=1S/C17H24N2O2/c1-4-8-18-17(21)14-10-16(20)19(11-14)15-7-5-6-13(9-15)12(2)3/h5-7,9,12,14H,4,8,10-11H2,1-3H3,(H,18,21). The van der Waals surface area contributed by atoms with Crippen LogP contribution in [0.25, 0.3) is 0 Å². The Morgan fingerprint density at radius 3 is 2.86 bits per heavy atom. The third-order valence-electron chi connectivity index (χ3n) is 3.89. The van der Waals surface area contributed by atoms with E-state index < -0.39 is 0 Å². The molecule has 1 aliphatic rings. The molecule has 0 bridgehead atoms. The third-order valence-corrected chi connectivity index (χ3v) is 3.89. The lowest BCUT2D eigenvalue weighted by atomic mass is 10.0. The van der Waals surface area contributed by atoms with E-state index in [0.717, 1.165) is 12.1 Å². The molecule has 21 heavy (non-hydrogen) atoms. The highest BCUT2D eigenvalue weighted by Gasteiger charge is 2.34. The van der Waals surface area contributed by atoms with Crippen molar-refractivity contribution in [2.75, 3.05) is 18.0 Å². The number of rotatable bonds is 5. The SMILES string of the molecule is CCCNC(=O)C1CC(=O)N(c2cccc(C(C)C)c2)C1. The Bertz CT molecular complexity index is 525. The zero-order valence-corrected chi connectivity index (χ0v) is 13.1. The first-order chi connectivity index (χ1) is 10.0. The molecule has 114 valence electrons. The number of hydrogen-bond donors (Lipinski definition) is 1. The molecule has 0 saturated carbocycles. The van der Waals surface area contributed by atoms with Crippen molar-refractivity contribution in [3.8, 4) is 0 Å². The minimum Gasteiger partial charge on any atom is -0.356 e. The molecule has 4 heteroatoms. The van der Waals surface area contributed by atoms with Gasteiger partial charge in [0, 0.05) is 25.2 Å². The number of hydrogen-bond acceptors (Lipinski definition) is 2. The summed E-state index contributed by atoms with van der Waals surface area (Å²) in [5, 5.41) is 2.88. The molecule has 2 rings (SSSR count). The highest BCUT2D eigenvalue weighted by Crippen LogP contribution is 2.27. The summed E-state index contributed by atoms with van der Waals surface area (Å²) in [4.78, 5) is 25.9. The second-order valence-electron chi connectivity index (χ2n) is 5.95. The van der Waals surface area contributed by atoms with Crippen molar-refractivity contribution >= 4 is 17.5 Å². The molecular formula is C17H24N2O2. The summed E-state index contributed by atoms with van der Waals surface area (Å²) >= 11 is 0. The van der Waals surface area contributed by atoms with Gasteiger partial charge in [-0.3, -0.25) is 9.59 Å². The van der Waals surface area contributed by atoms with Gasteiger partial charge in [-0.15, -0.1) is 0 Å². The maximum atomic E-state index is 12.2. The molecule has 1 N–H and O–H groups in total. The quantitative estimate of drug-likeness (QED) is 0.905. The van der Waals surface area contributed by atoms with Crippen LogP contribution in [0.4, 0.5) is 5.69 Å². The van der Waals surface area contributed by atoms with Gasteiger partial charge in [-0.25, -0.2) is 0 Å². The molecule has 1 aliphatic heterocycles. The summed E-state index contributed by atoms with van der Waals surface area (Å²) in [6, 6.07) is 8.04. The average Bonchev–Trinajstić information content (AvgIpc) is 2.87. The minimum atomic E-state index is -0.230. The maximum absolute atomic E-state index is 12.2. The largest absolute Gasteiger partial charge is 0.356 e. The number of carbonyl (C=O) groups excluding carboxylic acids is 2.